The molecule has 0 saturated heterocycles. The van der Waals surface area contributed by atoms with Crippen molar-refractivity contribution in [2.45, 2.75) is 45.6 Å². The van der Waals surface area contributed by atoms with Gasteiger partial charge in [-0.25, -0.2) is 9.37 Å². The summed E-state index contributed by atoms with van der Waals surface area (Å²) in [6.07, 6.45) is 4.74. The topological polar surface area (TPSA) is 29.3 Å². The zero-order chi connectivity index (χ0) is 16.8. The van der Waals surface area contributed by atoms with Crippen LogP contribution in [0.1, 0.15) is 36.3 Å². The van der Waals surface area contributed by atoms with Crippen molar-refractivity contribution in [3.05, 3.63) is 39.6 Å². The Bertz CT molecular complexity index is 889. The third-order valence-electron chi connectivity index (χ3n) is 4.83. The summed E-state index contributed by atoms with van der Waals surface area (Å²) in [6.45, 7) is 4.16. The molecule has 1 N–H and O–H groups in total. The number of hydrogen-bond donors (Lipinski definition) is 1. The van der Waals surface area contributed by atoms with Gasteiger partial charge in [-0.05, 0) is 38.8 Å². The van der Waals surface area contributed by atoms with Crippen LogP contribution in [0.3, 0.4) is 0 Å². The summed E-state index contributed by atoms with van der Waals surface area (Å²) >= 11 is 7.93. The van der Waals surface area contributed by atoms with E-state index in [0.717, 1.165) is 29.3 Å². The molecule has 3 aromatic rings. The highest BCUT2D eigenvalue weighted by molar-refractivity contribution is 7.17. The fourth-order valence-corrected chi connectivity index (χ4v) is 4.66. The lowest BCUT2D eigenvalue weighted by molar-refractivity contribution is 0.631. The average Bonchev–Trinajstić information content (AvgIpc) is 3.21. The van der Waals surface area contributed by atoms with Crippen LogP contribution in [0.2, 0.25) is 5.02 Å². The number of rotatable bonds is 3. The molecule has 0 amide bonds. The number of nitrogens with zero attached hydrogens (tertiary/aromatic N) is 2. The lowest BCUT2D eigenvalue weighted by atomic mass is 10.1. The molecular formula is C18H19ClFN3S. The van der Waals surface area contributed by atoms with Gasteiger partial charge in [-0.2, -0.15) is 0 Å². The third-order valence-corrected chi connectivity index (χ3v) is 6.20. The number of aryl methyl sites for hydroxylation is 2. The van der Waals surface area contributed by atoms with Crippen LogP contribution >= 0.6 is 22.9 Å². The van der Waals surface area contributed by atoms with Gasteiger partial charge in [0.1, 0.15) is 17.3 Å². The fraction of sp³-hybridized carbons (Fsp3) is 0.389. The van der Waals surface area contributed by atoms with Gasteiger partial charge in [-0.15, -0.1) is 11.3 Å². The first-order chi connectivity index (χ1) is 11.6. The zero-order valence-corrected chi connectivity index (χ0v) is 15.3. The summed E-state index contributed by atoms with van der Waals surface area (Å²) in [6, 6.07) is 5.18. The lowest BCUT2D eigenvalue weighted by Crippen LogP contribution is -2.16. The van der Waals surface area contributed by atoms with Gasteiger partial charge < -0.3 is 5.32 Å². The predicted octanol–water partition coefficient (Wildman–Crippen LogP) is 5.83. The quantitative estimate of drug-likeness (QED) is 0.634. The normalized spacial score (nSPS) is 15.5. The minimum Gasteiger partial charge on any atom is -0.367 e. The maximum Gasteiger partial charge on any atom is 0.196 e. The van der Waals surface area contributed by atoms with Crippen LogP contribution in [0.4, 0.5) is 10.2 Å². The van der Waals surface area contributed by atoms with E-state index in [1.54, 1.807) is 23.5 Å². The molecule has 1 aromatic carbocycles. The molecule has 1 saturated carbocycles. The van der Waals surface area contributed by atoms with E-state index in [9.17, 15) is 4.39 Å². The van der Waals surface area contributed by atoms with Crippen molar-refractivity contribution in [3.8, 4) is 11.3 Å². The Morgan fingerprint density at radius 3 is 2.75 bits per heavy atom. The van der Waals surface area contributed by atoms with E-state index in [0.29, 0.717) is 22.3 Å². The number of aromatic nitrogens is 2. The molecule has 2 heterocycles. The summed E-state index contributed by atoms with van der Waals surface area (Å²) in [5.74, 6) is 0.530. The highest BCUT2D eigenvalue weighted by Gasteiger charge is 2.25. The first kappa shape index (κ1) is 15.9. The van der Waals surface area contributed by atoms with Crippen molar-refractivity contribution in [2.24, 2.45) is 0 Å². The molecule has 1 aliphatic rings. The van der Waals surface area contributed by atoms with Crippen LogP contribution in [0.5, 0.6) is 0 Å². The zero-order valence-electron chi connectivity index (χ0n) is 13.7. The molecule has 0 radical (unpaired) electrons. The molecule has 4 rings (SSSR count). The van der Waals surface area contributed by atoms with Gasteiger partial charge in [0.05, 0.1) is 10.6 Å². The maximum atomic E-state index is 14.5. The van der Waals surface area contributed by atoms with E-state index in [-0.39, 0.29) is 5.82 Å². The second kappa shape index (κ2) is 6.05. The second-order valence-electron chi connectivity index (χ2n) is 6.39. The number of halogens is 2. The maximum absolute atomic E-state index is 14.5. The summed E-state index contributed by atoms with van der Waals surface area (Å²) in [4.78, 5) is 6.82. The van der Waals surface area contributed by atoms with Crippen LogP contribution in [0.15, 0.2) is 18.2 Å². The van der Waals surface area contributed by atoms with Crippen LogP contribution in [0.25, 0.3) is 16.2 Å². The predicted molar refractivity (Wildman–Crippen MR) is 98.8 cm³/mol. The largest absolute Gasteiger partial charge is 0.367 e. The van der Waals surface area contributed by atoms with E-state index in [4.69, 9.17) is 16.6 Å². The summed E-state index contributed by atoms with van der Waals surface area (Å²) < 4.78 is 16.6. The minimum atomic E-state index is -0.336. The van der Waals surface area contributed by atoms with Gasteiger partial charge in [-0.3, -0.25) is 4.40 Å². The Balaban J connectivity index is 1.94. The fourth-order valence-electron chi connectivity index (χ4n) is 3.44. The van der Waals surface area contributed by atoms with E-state index < -0.39 is 0 Å². The molecule has 2 aromatic heterocycles. The van der Waals surface area contributed by atoms with Crippen molar-refractivity contribution in [1.82, 2.24) is 9.38 Å². The SMILES string of the molecule is Cc1sc2nc(-c3c(F)cccc3Cl)c(NC3CCCC3)n2c1C. The Kier molecular flexibility index (Phi) is 4.01. The van der Waals surface area contributed by atoms with Gasteiger partial charge >= 0.3 is 0 Å². The van der Waals surface area contributed by atoms with Crippen LogP contribution in [0, 0.1) is 19.7 Å². The lowest BCUT2D eigenvalue weighted by Gasteiger charge is -2.15. The molecule has 0 atom stereocenters. The van der Waals surface area contributed by atoms with Gasteiger partial charge in [-0.1, -0.05) is 30.5 Å². The van der Waals surface area contributed by atoms with E-state index in [1.165, 1.54) is 23.8 Å². The molecule has 0 spiro atoms. The Hall–Kier alpha value is -1.59. The van der Waals surface area contributed by atoms with Crippen LogP contribution in [-0.4, -0.2) is 15.4 Å². The van der Waals surface area contributed by atoms with Gasteiger partial charge in [0.2, 0.25) is 0 Å². The molecule has 1 fully saturated rings. The number of nitrogens with one attached hydrogen (secondary N) is 1. The van der Waals surface area contributed by atoms with Crippen molar-refractivity contribution >= 4 is 33.7 Å². The van der Waals surface area contributed by atoms with E-state index in [2.05, 4.69) is 23.6 Å². The highest BCUT2D eigenvalue weighted by Crippen LogP contribution is 2.39. The molecule has 24 heavy (non-hydrogen) atoms. The number of thiazole rings is 1. The standard InChI is InChI=1S/C18H19ClFN3S/c1-10-11(2)24-18-22-16(15-13(19)8-5-9-14(15)20)17(23(10)18)21-12-6-3-4-7-12/h5,8-9,12,21H,3-4,6-7H2,1-2H3. The van der Waals surface area contributed by atoms with Crippen molar-refractivity contribution < 1.29 is 4.39 Å². The molecule has 126 valence electrons. The smallest absolute Gasteiger partial charge is 0.196 e. The summed E-state index contributed by atoms with van der Waals surface area (Å²) in [5.41, 5.74) is 2.13. The monoisotopic (exact) mass is 363 g/mol. The summed E-state index contributed by atoms with van der Waals surface area (Å²) in [7, 11) is 0. The first-order valence-electron chi connectivity index (χ1n) is 8.25. The number of anilines is 1. The number of fused-ring (bicyclic) bond motifs is 1. The average molecular weight is 364 g/mol. The molecule has 3 nitrogen and oxygen atoms in total. The minimum absolute atomic E-state index is 0.336. The molecular weight excluding hydrogens is 345 g/mol. The Morgan fingerprint density at radius 2 is 2.04 bits per heavy atom. The molecule has 6 heteroatoms. The van der Waals surface area contributed by atoms with Crippen LogP contribution in [-0.2, 0) is 0 Å². The molecule has 0 unspecified atom stereocenters. The van der Waals surface area contributed by atoms with Crippen molar-refractivity contribution in [1.29, 1.82) is 0 Å². The van der Waals surface area contributed by atoms with E-state index in [1.807, 2.05) is 0 Å². The van der Waals surface area contributed by atoms with Gasteiger partial charge in [0.15, 0.2) is 4.96 Å². The number of imidazole rings is 1. The van der Waals surface area contributed by atoms with Crippen molar-refractivity contribution in [3.63, 3.8) is 0 Å². The Morgan fingerprint density at radius 1 is 1.29 bits per heavy atom. The molecule has 0 bridgehead atoms. The Labute approximate surface area is 149 Å². The van der Waals surface area contributed by atoms with Crippen LogP contribution < -0.4 is 5.32 Å². The summed E-state index contributed by atoms with van der Waals surface area (Å²) in [5, 5.41) is 4.01. The number of hydrogen-bond acceptors (Lipinski definition) is 3. The number of benzene rings is 1. The third kappa shape index (κ3) is 2.50. The molecule has 1 aliphatic carbocycles. The second-order valence-corrected chi connectivity index (χ2v) is 7.98. The van der Waals surface area contributed by atoms with Crippen molar-refractivity contribution in [2.75, 3.05) is 5.32 Å². The highest BCUT2D eigenvalue weighted by atomic mass is 35.5. The first-order valence-corrected chi connectivity index (χ1v) is 9.45. The van der Waals surface area contributed by atoms with Gasteiger partial charge in [0.25, 0.3) is 0 Å². The van der Waals surface area contributed by atoms with E-state index >= 15 is 0 Å². The molecule has 0 aliphatic heterocycles. The van der Waals surface area contributed by atoms with Gasteiger partial charge in [0, 0.05) is 16.6 Å².